The van der Waals surface area contributed by atoms with Gasteiger partial charge in [0.25, 0.3) is 0 Å². The van der Waals surface area contributed by atoms with Gasteiger partial charge in [-0.1, -0.05) is 0 Å². The van der Waals surface area contributed by atoms with E-state index in [1.807, 2.05) is 0 Å². The van der Waals surface area contributed by atoms with E-state index in [1.165, 1.54) is 12.1 Å². The summed E-state index contributed by atoms with van der Waals surface area (Å²) >= 11 is 0. The summed E-state index contributed by atoms with van der Waals surface area (Å²) in [5.74, 6) is -1.29. The summed E-state index contributed by atoms with van der Waals surface area (Å²) in [6, 6.07) is 2.18. The van der Waals surface area contributed by atoms with E-state index < -0.39 is 36.0 Å². The van der Waals surface area contributed by atoms with Crippen molar-refractivity contribution >= 4 is 0 Å². The summed E-state index contributed by atoms with van der Waals surface area (Å²) in [5, 5.41) is 36.4. The van der Waals surface area contributed by atoms with Gasteiger partial charge in [-0.25, -0.2) is 8.78 Å². The Morgan fingerprint density at radius 1 is 1.15 bits per heavy atom. The van der Waals surface area contributed by atoms with E-state index in [1.54, 1.807) is 25.7 Å². The number of nitrogens with one attached hydrogen (secondary N) is 1. The summed E-state index contributed by atoms with van der Waals surface area (Å²) in [6.45, 7) is 5.65. The fourth-order valence-corrected chi connectivity index (χ4v) is 3.76. The van der Waals surface area contributed by atoms with E-state index in [0.717, 1.165) is 5.69 Å². The van der Waals surface area contributed by atoms with E-state index in [0.29, 0.717) is 16.8 Å². The maximum absolute atomic E-state index is 14.6. The summed E-state index contributed by atoms with van der Waals surface area (Å²) in [4.78, 5) is 1.72. The second kappa shape index (κ2) is 7.63. The third-order valence-corrected chi connectivity index (χ3v) is 5.44. The van der Waals surface area contributed by atoms with Gasteiger partial charge in [-0.3, -0.25) is 10.00 Å². The average Bonchev–Trinajstić information content (AvgIpc) is 2.95. The first-order chi connectivity index (χ1) is 12.7. The molecule has 1 aromatic heterocycles. The molecule has 8 heteroatoms. The molecule has 27 heavy (non-hydrogen) atoms. The first-order valence-corrected chi connectivity index (χ1v) is 8.98. The zero-order chi connectivity index (χ0) is 19.9. The van der Waals surface area contributed by atoms with Gasteiger partial charge >= 0.3 is 0 Å². The topological polar surface area (TPSA) is 92.6 Å². The molecule has 0 bridgehead atoms. The minimum atomic E-state index is -1.22. The second-order valence-corrected chi connectivity index (χ2v) is 7.26. The minimum Gasteiger partial charge on any atom is -0.389 e. The second-order valence-electron chi connectivity index (χ2n) is 7.26. The molecule has 1 fully saturated rings. The molecular weight excluding hydrogens is 356 g/mol. The molecule has 4 atom stereocenters. The Hall–Kier alpha value is -1.87. The Labute approximate surface area is 156 Å². The first kappa shape index (κ1) is 19.9. The summed E-state index contributed by atoms with van der Waals surface area (Å²) in [5.41, 5.74) is 2.48. The quantitative estimate of drug-likeness (QED) is 0.641. The maximum atomic E-state index is 14.6. The fourth-order valence-electron chi connectivity index (χ4n) is 3.76. The van der Waals surface area contributed by atoms with Gasteiger partial charge in [0.15, 0.2) is 0 Å². The number of H-pyrrole nitrogens is 1. The van der Waals surface area contributed by atoms with Gasteiger partial charge in [0.05, 0.1) is 17.9 Å². The summed E-state index contributed by atoms with van der Waals surface area (Å²) < 4.78 is 29.2. The van der Waals surface area contributed by atoms with Crippen LogP contribution in [-0.4, -0.2) is 67.9 Å². The highest BCUT2D eigenvalue weighted by Gasteiger charge is 2.38. The van der Waals surface area contributed by atoms with Crippen molar-refractivity contribution in [3.8, 4) is 11.1 Å². The molecule has 0 amide bonds. The Morgan fingerprint density at radius 2 is 1.78 bits per heavy atom. The van der Waals surface area contributed by atoms with E-state index in [-0.39, 0.29) is 25.1 Å². The summed E-state index contributed by atoms with van der Waals surface area (Å²) in [6.07, 6.45) is -3.34. The van der Waals surface area contributed by atoms with Gasteiger partial charge in [-0.2, -0.15) is 5.10 Å². The molecule has 148 valence electrons. The standard InChI is InChI=1S/C19H25F2N3O3/c1-9-17(10(2)23-22-9)12-6-14(20)13(15(21)7-12)4-5-24-8-16(25)19(27)18(26)11(24)3/h6-7,11,16,18-19,25-27H,4-5,8H2,1-3H3,(H,22,23)/t11-,16+,18-,19-/m1/s1. The Bertz CT molecular complexity index is 784. The number of aromatic nitrogens is 2. The smallest absolute Gasteiger partial charge is 0.129 e. The third-order valence-electron chi connectivity index (χ3n) is 5.44. The highest BCUT2D eigenvalue weighted by atomic mass is 19.1. The van der Waals surface area contributed by atoms with Crippen LogP contribution >= 0.6 is 0 Å². The number of piperidine rings is 1. The number of benzene rings is 1. The van der Waals surface area contributed by atoms with Crippen molar-refractivity contribution in [1.82, 2.24) is 15.1 Å². The highest BCUT2D eigenvalue weighted by molar-refractivity contribution is 5.68. The number of likely N-dealkylation sites (tertiary alicyclic amines) is 1. The zero-order valence-corrected chi connectivity index (χ0v) is 15.6. The predicted octanol–water partition coefficient (Wildman–Crippen LogP) is 1.30. The van der Waals surface area contributed by atoms with Gasteiger partial charge in [0.1, 0.15) is 17.7 Å². The molecule has 0 unspecified atom stereocenters. The lowest BCUT2D eigenvalue weighted by Gasteiger charge is -2.42. The van der Waals surface area contributed by atoms with Gasteiger partial charge < -0.3 is 15.3 Å². The number of aliphatic hydroxyl groups excluding tert-OH is 3. The van der Waals surface area contributed by atoms with E-state index in [4.69, 9.17) is 0 Å². The van der Waals surface area contributed by atoms with Crippen molar-refractivity contribution in [1.29, 1.82) is 0 Å². The largest absolute Gasteiger partial charge is 0.389 e. The lowest BCUT2D eigenvalue weighted by Crippen LogP contribution is -2.60. The first-order valence-electron chi connectivity index (χ1n) is 8.98. The van der Waals surface area contributed by atoms with Gasteiger partial charge in [0.2, 0.25) is 0 Å². The molecule has 2 aromatic rings. The van der Waals surface area contributed by atoms with Gasteiger partial charge in [-0.15, -0.1) is 0 Å². The Morgan fingerprint density at radius 3 is 2.33 bits per heavy atom. The van der Waals surface area contributed by atoms with Crippen LogP contribution in [0.1, 0.15) is 23.9 Å². The molecule has 0 saturated carbocycles. The third kappa shape index (κ3) is 3.75. The molecule has 1 aromatic carbocycles. The lowest BCUT2D eigenvalue weighted by molar-refractivity contribution is -0.132. The Balaban J connectivity index is 1.78. The number of hydrogen-bond donors (Lipinski definition) is 4. The van der Waals surface area contributed by atoms with Crippen LogP contribution in [0.25, 0.3) is 11.1 Å². The van der Waals surface area contributed by atoms with Crippen LogP contribution in [0, 0.1) is 25.5 Å². The van der Waals surface area contributed by atoms with E-state index >= 15 is 0 Å². The van der Waals surface area contributed by atoms with Crippen LogP contribution in [-0.2, 0) is 6.42 Å². The number of halogens is 2. The van der Waals surface area contributed by atoms with Crippen LogP contribution in [0.5, 0.6) is 0 Å². The molecule has 4 N–H and O–H groups in total. The number of aliphatic hydroxyl groups is 3. The molecular formula is C19H25F2N3O3. The average molecular weight is 381 g/mol. The fraction of sp³-hybridized carbons (Fsp3) is 0.526. The number of hydrogen-bond acceptors (Lipinski definition) is 5. The molecule has 0 spiro atoms. The van der Waals surface area contributed by atoms with Crippen LogP contribution in [0.4, 0.5) is 8.78 Å². The van der Waals surface area contributed by atoms with Crippen molar-refractivity contribution in [2.45, 2.75) is 51.5 Å². The van der Waals surface area contributed by atoms with Crippen molar-refractivity contribution in [2.24, 2.45) is 0 Å². The van der Waals surface area contributed by atoms with Crippen LogP contribution in [0.3, 0.4) is 0 Å². The monoisotopic (exact) mass is 381 g/mol. The molecule has 0 radical (unpaired) electrons. The molecule has 1 aliphatic heterocycles. The van der Waals surface area contributed by atoms with Crippen LogP contribution in [0.15, 0.2) is 12.1 Å². The van der Waals surface area contributed by atoms with Crippen LogP contribution in [0.2, 0.25) is 0 Å². The minimum absolute atomic E-state index is 0.0418. The Kier molecular flexibility index (Phi) is 5.62. The van der Waals surface area contributed by atoms with E-state index in [9.17, 15) is 24.1 Å². The number of aryl methyl sites for hydroxylation is 2. The SMILES string of the molecule is Cc1n[nH]c(C)c1-c1cc(F)c(CCN2C[C@H](O)[C@@H](O)[C@H](O)[C@H]2C)c(F)c1. The van der Waals surface area contributed by atoms with E-state index in [2.05, 4.69) is 10.2 Å². The van der Waals surface area contributed by atoms with Crippen molar-refractivity contribution in [2.75, 3.05) is 13.1 Å². The normalized spacial score (nSPS) is 26.5. The van der Waals surface area contributed by atoms with Crippen molar-refractivity contribution in [3.05, 3.63) is 40.7 Å². The predicted molar refractivity (Wildman–Crippen MR) is 96.2 cm³/mol. The number of nitrogens with zero attached hydrogens (tertiary/aromatic N) is 2. The maximum Gasteiger partial charge on any atom is 0.129 e. The van der Waals surface area contributed by atoms with Gasteiger partial charge in [0, 0.05) is 36.0 Å². The molecule has 6 nitrogen and oxygen atoms in total. The van der Waals surface area contributed by atoms with Crippen molar-refractivity contribution < 1.29 is 24.1 Å². The number of aromatic amines is 1. The molecule has 3 rings (SSSR count). The molecule has 0 aliphatic carbocycles. The molecule has 1 aliphatic rings. The highest BCUT2D eigenvalue weighted by Crippen LogP contribution is 2.29. The van der Waals surface area contributed by atoms with Crippen LogP contribution < -0.4 is 0 Å². The molecule has 2 heterocycles. The lowest BCUT2D eigenvalue weighted by atomic mass is 9.94. The number of β-amino-alcohol motifs (C(OH)–C–C–N with tert-alkyl or cyclic N) is 1. The van der Waals surface area contributed by atoms with Gasteiger partial charge in [-0.05, 0) is 44.9 Å². The van der Waals surface area contributed by atoms with Crippen molar-refractivity contribution in [3.63, 3.8) is 0 Å². The summed E-state index contributed by atoms with van der Waals surface area (Å²) in [7, 11) is 0. The molecule has 1 saturated heterocycles. The zero-order valence-electron chi connectivity index (χ0n) is 15.6. The number of rotatable bonds is 4.